The van der Waals surface area contributed by atoms with Crippen molar-refractivity contribution in [3.05, 3.63) is 40.5 Å². The Morgan fingerprint density at radius 3 is 2.65 bits per heavy atom. The zero-order valence-electron chi connectivity index (χ0n) is 11.6. The molecule has 20 heavy (non-hydrogen) atoms. The van der Waals surface area contributed by atoms with Crippen molar-refractivity contribution in [2.75, 3.05) is 5.73 Å². The third-order valence-electron chi connectivity index (χ3n) is 3.27. The van der Waals surface area contributed by atoms with Crippen LogP contribution >= 0.6 is 11.3 Å². The summed E-state index contributed by atoms with van der Waals surface area (Å²) in [5.74, 6) is 1.32. The molecule has 3 aromatic rings. The first-order valence-corrected chi connectivity index (χ1v) is 7.17. The second-order valence-corrected chi connectivity index (χ2v) is 5.73. The molecule has 0 saturated heterocycles. The van der Waals surface area contributed by atoms with E-state index in [2.05, 4.69) is 15.3 Å². The molecule has 0 bridgehead atoms. The third-order valence-corrected chi connectivity index (χ3v) is 4.34. The van der Waals surface area contributed by atoms with E-state index in [0.717, 1.165) is 38.3 Å². The van der Waals surface area contributed by atoms with Crippen molar-refractivity contribution in [3.63, 3.8) is 0 Å². The van der Waals surface area contributed by atoms with Gasteiger partial charge in [0, 0.05) is 11.8 Å². The Balaban J connectivity index is 2.08. The van der Waals surface area contributed by atoms with Crippen molar-refractivity contribution in [2.24, 2.45) is 0 Å². The first-order valence-electron chi connectivity index (χ1n) is 6.29. The van der Waals surface area contributed by atoms with Crippen LogP contribution in [0.3, 0.4) is 0 Å². The molecule has 4 nitrogen and oxygen atoms in total. The molecule has 0 unspecified atom stereocenters. The summed E-state index contributed by atoms with van der Waals surface area (Å²) >= 11 is 1.59. The van der Waals surface area contributed by atoms with Crippen molar-refractivity contribution >= 4 is 27.2 Å². The molecular weight excluding hydrogens is 270 g/mol. The van der Waals surface area contributed by atoms with Gasteiger partial charge in [0.2, 0.25) is 5.88 Å². The van der Waals surface area contributed by atoms with E-state index >= 15 is 0 Å². The zero-order chi connectivity index (χ0) is 14.3. The highest BCUT2D eigenvalue weighted by atomic mass is 32.1. The summed E-state index contributed by atoms with van der Waals surface area (Å²) in [6.07, 6.45) is 1.53. The molecule has 2 N–H and O–H groups in total. The first-order chi connectivity index (χ1) is 9.56. The SMILES string of the molecule is Cc1cc(C)c(Oc2ncnc3c(C)csc23)cc1N. The lowest BCUT2D eigenvalue weighted by Crippen LogP contribution is -1.96. The minimum absolute atomic E-state index is 0.583. The summed E-state index contributed by atoms with van der Waals surface area (Å²) < 4.78 is 6.91. The topological polar surface area (TPSA) is 61.0 Å². The molecule has 0 aliphatic heterocycles. The first kappa shape index (κ1) is 12.9. The Labute approximate surface area is 121 Å². The van der Waals surface area contributed by atoms with Crippen LogP contribution in [0.4, 0.5) is 5.69 Å². The van der Waals surface area contributed by atoms with Gasteiger partial charge in [-0.05, 0) is 42.8 Å². The zero-order valence-corrected chi connectivity index (χ0v) is 12.4. The second kappa shape index (κ2) is 4.76. The number of ether oxygens (including phenoxy) is 1. The molecule has 1 aromatic carbocycles. The van der Waals surface area contributed by atoms with E-state index in [0.29, 0.717) is 5.88 Å². The van der Waals surface area contributed by atoms with Crippen LogP contribution < -0.4 is 10.5 Å². The van der Waals surface area contributed by atoms with E-state index in [1.807, 2.05) is 32.9 Å². The van der Waals surface area contributed by atoms with Crippen LogP contribution in [0.1, 0.15) is 16.7 Å². The van der Waals surface area contributed by atoms with Crippen LogP contribution in [-0.2, 0) is 0 Å². The smallest absolute Gasteiger partial charge is 0.240 e. The van der Waals surface area contributed by atoms with Crippen molar-refractivity contribution in [3.8, 4) is 11.6 Å². The molecule has 0 atom stereocenters. The Bertz CT molecular complexity index is 795. The molecule has 0 radical (unpaired) electrons. The summed E-state index contributed by atoms with van der Waals surface area (Å²) in [6.45, 7) is 6.02. The molecule has 0 fully saturated rings. The molecule has 0 aliphatic carbocycles. The molecular formula is C15H15N3OS. The number of rotatable bonds is 2. The number of fused-ring (bicyclic) bond motifs is 1. The number of aryl methyl sites for hydroxylation is 3. The minimum Gasteiger partial charge on any atom is -0.437 e. The van der Waals surface area contributed by atoms with Crippen LogP contribution in [-0.4, -0.2) is 9.97 Å². The third kappa shape index (κ3) is 2.10. The summed E-state index contributed by atoms with van der Waals surface area (Å²) in [5, 5.41) is 2.06. The van der Waals surface area contributed by atoms with Gasteiger partial charge in [0.25, 0.3) is 0 Å². The molecule has 2 aromatic heterocycles. The molecule has 2 heterocycles. The van der Waals surface area contributed by atoms with Crippen molar-refractivity contribution in [1.29, 1.82) is 0 Å². The highest BCUT2D eigenvalue weighted by Crippen LogP contribution is 2.35. The maximum absolute atomic E-state index is 5.95. The van der Waals surface area contributed by atoms with Crippen molar-refractivity contribution < 1.29 is 4.74 Å². The number of nitrogens with two attached hydrogens (primary N) is 1. The normalized spacial score (nSPS) is 10.9. The fourth-order valence-corrected chi connectivity index (χ4v) is 3.01. The summed E-state index contributed by atoms with van der Waals surface area (Å²) in [5.41, 5.74) is 10.8. The number of hydrogen-bond acceptors (Lipinski definition) is 5. The van der Waals surface area contributed by atoms with Gasteiger partial charge in [-0.25, -0.2) is 9.97 Å². The van der Waals surface area contributed by atoms with E-state index in [9.17, 15) is 0 Å². The van der Waals surface area contributed by atoms with E-state index in [-0.39, 0.29) is 0 Å². The van der Waals surface area contributed by atoms with E-state index < -0.39 is 0 Å². The van der Waals surface area contributed by atoms with Gasteiger partial charge >= 0.3 is 0 Å². The standard InChI is InChI=1S/C15H15N3OS/c1-8-4-9(2)12(5-11(8)16)19-15-14-13(17-7-18-15)10(3)6-20-14/h4-7H,16H2,1-3H3. The fraction of sp³-hybridized carbons (Fsp3) is 0.200. The predicted octanol–water partition coefficient (Wildman–Crippen LogP) is 3.99. The van der Waals surface area contributed by atoms with Gasteiger partial charge in [-0.3, -0.25) is 0 Å². The Morgan fingerprint density at radius 2 is 1.85 bits per heavy atom. The fourth-order valence-electron chi connectivity index (χ4n) is 2.08. The number of hydrogen-bond donors (Lipinski definition) is 1. The summed E-state index contributed by atoms with van der Waals surface area (Å²) in [7, 11) is 0. The van der Waals surface area contributed by atoms with Gasteiger partial charge in [-0.2, -0.15) is 0 Å². The molecule has 5 heteroatoms. The molecule has 0 saturated carbocycles. The van der Waals surface area contributed by atoms with Gasteiger partial charge in [0.15, 0.2) is 0 Å². The quantitative estimate of drug-likeness (QED) is 0.723. The summed E-state index contributed by atoms with van der Waals surface area (Å²) in [6, 6.07) is 3.86. The van der Waals surface area contributed by atoms with Gasteiger partial charge < -0.3 is 10.5 Å². The minimum atomic E-state index is 0.583. The number of aromatic nitrogens is 2. The number of nitrogen functional groups attached to an aromatic ring is 1. The maximum atomic E-state index is 5.95. The van der Waals surface area contributed by atoms with Crippen LogP contribution in [0.25, 0.3) is 10.2 Å². The summed E-state index contributed by atoms with van der Waals surface area (Å²) in [4.78, 5) is 8.54. The average molecular weight is 285 g/mol. The average Bonchev–Trinajstić information content (AvgIpc) is 2.79. The molecule has 3 rings (SSSR count). The Kier molecular flexibility index (Phi) is 3.06. The predicted molar refractivity (Wildman–Crippen MR) is 82.6 cm³/mol. The number of anilines is 1. The molecule has 102 valence electrons. The van der Waals surface area contributed by atoms with Gasteiger partial charge in [-0.15, -0.1) is 11.3 Å². The molecule has 0 spiro atoms. The van der Waals surface area contributed by atoms with Crippen LogP contribution in [0.2, 0.25) is 0 Å². The lowest BCUT2D eigenvalue weighted by Gasteiger charge is -2.10. The second-order valence-electron chi connectivity index (χ2n) is 4.85. The number of benzene rings is 1. The highest BCUT2D eigenvalue weighted by Gasteiger charge is 2.12. The lowest BCUT2D eigenvalue weighted by atomic mass is 10.1. The molecule has 0 aliphatic rings. The van der Waals surface area contributed by atoms with Gasteiger partial charge in [0.05, 0.1) is 5.52 Å². The largest absolute Gasteiger partial charge is 0.437 e. The van der Waals surface area contributed by atoms with Crippen LogP contribution in [0.5, 0.6) is 11.6 Å². The van der Waals surface area contributed by atoms with Crippen LogP contribution in [0, 0.1) is 20.8 Å². The number of thiophene rings is 1. The van der Waals surface area contributed by atoms with E-state index in [1.54, 1.807) is 11.3 Å². The van der Waals surface area contributed by atoms with Crippen LogP contribution in [0.15, 0.2) is 23.8 Å². The molecule has 0 amide bonds. The van der Waals surface area contributed by atoms with Crippen molar-refractivity contribution in [1.82, 2.24) is 9.97 Å². The Hall–Kier alpha value is -2.14. The Morgan fingerprint density at radius 1 is 1.05 bits per heavy atom. The van der Waals surface area contributed by atoms with E-state index in [4.69, 9.17) is 10.5 Å². The highest BCUT2D eigenvalue weighted by molar-refractivity contribution is 7.17. The maximum Gasteiger partial charge on any atom is 0.240 e. The van der Waals surface area contributed by atoms with Gasteiger partial charge in [0.1, 0.15) is 16.8 Å². The van der Waals surface area contributed by atoms with E-state index in [1.165, 1.54) is 6.33 Å². The lowest BCUT2D eigenvalue weighted by molar-refractivity contribution is 0.465. The number of nitrogens with zero attached hydrogens (tertiary/aromatic N) is 2. The monoisotopic (exact) mass is 285 g/mol. The van der Waals surface area contributed by atoms with Gasteiger partial charge in [-0.1, -0.05) is 6.07 Å². The van der Waals surface area contributed by atoms with Crippen molar-refractivity contribution in [2.45, 2.75) is 20.8 Å².